The Morgan fingerprint density at radius 3 is 2.33 bits per heavy atom. The molecule has 0 saturated carbocycles. The van der Waals surface area contributed by atoms with E-state index >= 15 is 0 Å². The van der Waals surface area contributed by atoms with Crippen molar-refractivity contribution in [3.63, 3.8) is 0 Å². The van der Waals surface area contributed by atoms with E-state index in [0.29, 0.717) is 17.5 Å². The van der Waals surface area contributed by atoms with Gasteiger partial charge in [0.05, 0.1) is 18.7 Å². The van der Waals surface area contributed by atoms with Crippen LogP contribution in [0.15, 0.2) is 35.9 Å². The Morgan fingerprint density at radius 2 is 1.80 bits per heavy atom. The van der Waals surface area contributed by atoms with Gasteiger partial charge < -0.3 is 10.0 Å². The van der Waals surface area contributed by atoms with E-state index in [0.717, 1.165) is 16.0 Å². The minimum atomic E-state index is -5.08. The van der Waals surface area contributed by atoms with Gasteiger partial charge in [0.2, 0.25) is 0 Å². The van der Waals surface area contributed by atoms with Crippen LogP contribution in [0.2, 0.25) is 0 Å². The largest absolute Gasteiger partial charge is 0.435 e. The van der Waals surface area contributed by atoms with Crippen molar-refractivity contribution in [2.45, 2.75) is 32.0 Å². The predicted octanol–water partition coefficient (Wildman–Crippen LogP) is 4.15. The van der Waals surface area contributed by atoms with Gasteiger partial charge in [0.1, 0.15) is 5.69 Å². The van der Waals surface area contributed by atoms with Crippen LogP contribution in [0.5, 0.6) is 0 Å². The van der Waals surface area contributed by atoms with Gasteiger partial charge in [0.25, 0.3) is 12.3 Å². The van der Waals surface area contributed by atoms with Crippen LogP contribution in [0.3, 0.4) is 0 Å². The smallest absolute Gasteiger partial charge is 0.394 e. The quantitative estimate of drug-likeness (QED) is 0.727. The Kier molecular flexibility index (Phi) is 6.55. The maximum Gasteiger partial charge on any atom is 0.435 e. The molecule has 0 atom stereocenters. The third kappa shape index (κ3) is 4.69. The number of carbonyl (C=O) groups is 1. The molecule has 0 aliphatic carbocycles. The molecule has 0 bridgehead atoms. The molecule has 10 heteroatoms. The SMILES string of the molecule is O=C(c1c(C(F)(F)F)nn(CCO)c1C(F)F)N1CCC(=Cc2ccccc2)CC1. The van der Waals surface area contributed by atoms with E-state index in [9.17, 15) is 26.7 Å². The maximum absolute atomic E-state index is 13.6. The van der Waals surface area contributed by atoms with Gasteiger partial charge in [-0.3, -0.25) is 9.48 Å². The summed E-state index contributed by atoms with van der Waals surface area (Å²) >= 11 is 0. The Morgan fingerprint density at radius 1 is 1.17 bits per heavy atom. The van der Waals surface area contributed by atoms with Gasteiger partial charge >= 0.3 is 6.18 Å². The van der Waals surface area contributed by atoms with Crippen LogP contribution >= 0.6 is 0 Å². The third-order valence-electron chi connectivity index (χ3n) is 4.86. The van der Waals surface area contributed by atoms with Gasteiger partial charge in [-0.1, -0.05) is 42.0 Å². The highest BCUT2D eigenvalue weighted by molar-refractivity contribution is 5.97. The number of nitrogens with zero attached hydrogens (tertiary/aromatic N) is 3. The standard InChI is InChI=1S/C20H20F5N3O2/c21-18(22)16-15(17(20(23,24)25)26-28(16)10-11-29)19(30)27-8-6-14(7-9-27)12-13-4-2-1-3-5-13/h1-5,12,18,29H,6-11H2. The lowest BCUT2D eigenvalue weighted by atomic mass is 10.00. The van der Waals surface area contributed by atoms with E-state index < -0.39 is 48.6 Å². The highest BCUT2D eigenvalue weighted by Gasteiger charge is 2.44. The van der Waals surface area contributed by atoms with Crippen LogP contribution in [-0.2, 0) is 12.7 Å². The average molecular weight is 429 g/mol. The van der Waals surface area contributed by atoms with E-state index in [1.54, 1.807) is 0 Å². The third-order valence-corrected chi connectivity index (χ3v) is 4.86. The number of piperidine rings is 1. The first-order chi connectivity index (χ1) is 14.2. The first-order valence-electron chi connectivity index (χ1n) is 9.33. The minimum absolute atomic E-state index is 0.114. The molecular weight excluding hydrogens is 409 g/mol. The lowest BCUT2D eigenvalue weighted by Crippen LogP contribution is -2.37. The Bertz CT molecular complexity index is 913. The van der Waals surface area contributed by atoms with Crippen LogP contribution in [0.25, 0.3) is 6.08 Å². The molecule has 1 aliphatic heterocycles. The maximum atomic E-state index is 13.6. The number of likely N-dealkylation sites (tertiary alicyclic amines) is 1. The molecular formula is C20H20F5N3O2. The number of halogens is 5. The van der Waals surface area contributed by atoms with E-state index in [4.69, 9.17) is 5.11 Å². The van der Waals surface area contributed by atoms with Gasteiger partial charge in [-0.05, 0) is 18.4 Å². The van der Waals surface area contributed by atoms with Crippen LogP contribution in [0.4, 0.5) is 22.0 Å². The van der Waals surface area contributed by atoms with Crippen molar-refractivity contribution in [1.29, 1.82) is 0 Å². The summed E-state index contributed by atoms with van der Waals surface area (Å²) in [5.74, 6) is -1.12. The topological polar surface area (TPSA) is 58.4 Å². The molecule has 2 aromatic rings. The molecule has 0 spiro atoms. The number of rotatable bonds is 5. The summed E-state index contributed by atoms with van der Waals surface area (Å²) in [5.41, 5.74) is -1.92. The fraction of sp³-hybridized carbons (Fsp3) is 0.400. The lowest BCUT2D eigenvalue weighted by molar-refractivity contribution is -0.142. The second kappa shape index (κ2) is 8.95. The molecule has 5 nitrogen and oxygen atoms in total. The zero-order valence-corrected chi connectivity index (χ0v) is 15.9. The highest BCUT2D eigenvalue weighted by atomic mass is 19.4. The number of carbonyl (C=O) groups excluding carboxylic acids is 1. The molecule has 2 heterocycles. The number of benzene rings is 1. The second-order valence-corrected chi connectivity index (χ2v) is 6.86. The van der Waals surface area contributed by atoms with Crippen molar-refractivity contribution in [2.24, 2.45) is 0 Å². The zero-order chi connectivity index (χ0) is 21.9. The normalized spacial score (nSPS) is 15.0. The number of aliphatic hydroxyl groups excluding tert-OH is 1. The van der Waals surface area contributed by atoms with Gasteiger partial charge in [0.15, 0.2) is 5.69 Å². The Hall–Kier alpha value is -2.75. The fourth-order valence-corrected chi connectivity index (χ4v) is 3.46. The number of amides is 1. The highest BCUT2D eigenvalue weighted by Crippen LogP contribution is 2.37. The summed E-state index contributed by atoms with van der Waals surface area (Å²) in [6, 6.07) is 9.44. The van der Waals surface area contributed by atoms with Gasteiger partial charge in [0, 0.05) is 13.1 Å². The molecule has 1 aromatic heterocycles. The molecule has 0 radical (unpaired) electrons. The van der Waals surface area contributed by atoms with Gasteiger partial charge in [-0.25, -0.2) is 8.78 Å². The Balaban J connectivity index is 1.87. The van der Waals surface area contributed by atoms with Gasteiger partial charge in [-0.2, -0.15) is 18.3 Å². The molecule has 162 valence electrons. The van der Waals surface area contributed by atoms with Crippen LogP contribution < -0.4 is 0 Å². The zero-order valence-electron chi connectivity index (χ0n) is 15.9. The van der Waals surface area contributed by atoms with Crippen LogP contribution in [-0.4, -0.2) is 45.4 Å². The number of hydrogen-bond acceptors (Lipinski definition) is 3. The van der Waals surface area contributed by atoms with Crippen molar-refractivity contribution in [2.75, 3.05) is 19.7 Å². The van der Waals surface area contributed by atoms with Gasteiger partial charge in [-0.15, -0.1) is 0 Å². The first-order valence-corrected chi connectivity index (χ1v) is 9.33. The van der Waals surface area contributed by atoms with Crippen molar-refractivity contribution in [3.05, 3.63) is 58.4 Å². The molecule has 1 amide bonds. The summed E-state index contributed by atoms with van der Waals surface area (Å²) in [7, 11) is 0. The van der Waals surface area contributed by atoms with Crippen LogP contribution in [0, 0.1) is 0 Å². The fourth-order valence-electron chi connectivity index (χ4n) is 3.46. The molecule has 1 N–H and O–H groups in total. The average Bonchev–Trinajstić information content (AvgIpc) is 3.09. The van der Waals surface area contributed by atoms with E-state index in [1.807, 2.05) is 36.4 Å². The van der Waals surface area contributed by atoms with E-state index in [-0.39, 0.29) is 13.1 Å². The number of hydrogen-bond donors (Lipinski definition) is 1. The molecule has 30 heavy (non-hydrogen) atoms. The van der Waals surface area contributed by atoms with Crippen LogP contribution in [0.1, 0.15) is 46.6 Å². The molecule has 1 aromatic carbocycles. The second-order valence-electron chi connectivity index (χ2n) is 6.86. The van der Waals surface area contributed by atoms with E-state index in [1.165, 1.54) is 0 Å². The Labute approximate surface area is 169 Å². The number of aliphatic hydroxyl groups is 1. The number of alkyl halides is 5. The van der Waals surface area contributed by atoms with Crippen molar-refractivity contribution in [3.8, 4) is 0 Å². The van der Waals surface area contributed by atoms with E-state index in [2.05, 4.69) is 5.10 Å². The molecule has 0 unspecified atom stereocenters. The minimum Gasteiger partial charge on any atom is -0.394 e. The summed E-state index contributed by atoms with van der Waals surface area (Å²) < 4.78 is 67.7. The molecule has 1 aliphatic rings. The summed E-state index contributed by atoms with van der Waals surface area (Å²) in [5, 5.41) is 12.1. The van der Waals surface area contributed by atoms with Crippen molar-refractivity contribution >= 4 is 12.0 Å². The summed E-state index contributed by atoms with van der Waals surface area (Å²) in [6.07, 6.45) is -5.62. The van der Waals surface area contributed by atoms with Crippen molar-refractivity contribution < 1.29 is 31.9 Å². The predicted molar refractivity (Wildman–Crippen MR) is 98.8 cm³/mol. The summed E-state index contributed by atoms with van der Waals surface area (Å²) in [4.78, 5) is 14.0. The summed E-state index contributed by atoms with van der Waals surface area (Å²) in [6.45, 7) is -1.03. The molecule has 3 rings (SSSR count). The monoisotopic (exact) mass is 429 g/mol. The lowest BCUT2D eigenvalue weighted by Gasteiger charge is -2.29. The molecule has 1 fully saturated rings. The van der Waals surface area contributed by atoms with Crippen molar-refractivity contribution in [1.82, 2.24) is 14.7 Å². The number of aromatic nitrogens is 2. The molecule has 1 saturated heterocycles. The first kappa shape index (κ1) is 21.9.